The molecule has 6 rings (SSSR count). The van der Waals surface area contributed by atoms with Crippen molar-refractivity contribution in [3.63, 3.8) is 0 Å². The Balaban J connectivity index is 0.000000188. The topological polar surface area (TPSA) is 240 Å². The van der Waals surface area contributed by atoms with Crippen LogP contribution in [0.5, 0.6) is 11.5 Å². The Labute approximate surface area is 242 Å². The number of amides is 6. The summed E-state index contributed by atoms with van der Waals surface area (Å²) in [4.78, 5) is 90.9. The minimum Gasteiger partial charge on any atom is -0.508 e. The molecule has 0 radical (unpaired) electrons. The lowest BCUT2D eigenvalue weighted by Gasteiger charge is -2.27. The molecule has 4 heterocycles. The van der Waals surface area contributed by atoms with Crippen molar-refractivity contribution >= 4 is 59.8 Å². The van der Waals surface area contributed by atoms with E-state index >= 15 is 0 Å². The predicted molar refractivity (Wildman–Crippen MR) is 140 cm³/mol. The normalized spacial score (nSPS) is 20.5. The number of hydrogen-bond acceptors (Lipinski definition) is 12. The van der Waals surface area contributed by atoms with Gasteiger partial charge in [0, 0.05) is 12.8 Å². The van der Waals surface area contributed by atoms with Crippen LogP contribution in [0.4, 0.5) is 0 Å². The van der Waals surface area contributed by atoms with E-state index in [1.807, 2.05) is 0 Å². The van der Waals surface area contributed by atoms with Crippen LogP contribution in [-0.2, 0) is 23.9 Å². The molecule has 2 aromatic carbocycles. The molecule has 2 saturated heterocycles. The van der Waals surface area contributed by atoms with Gasteiger partial charge in [-0.2, -0.15) is 0 Å². The van der Waals surface area contributed by atoms with Crippen LogP contribution in [0.15, 0.2) is 36.4 Å². The second-order valence-corrected chi connectivity index (χ2v) is 9.14. The van der Waals surface area contributed by atoms with Crippen molar-refractivity contribution in [2.75, 3.05) is 0 Å². The first-order valence-electron chi connectivity index (χ1n) is 12.1. The number of phenols is 2. The average Bonchev–Trinajstić information content (AvgIpc) is 3.33. The summed E-state index contributed by atoms with van der Waals surface area (Å²) in [6, 6.07) is 6.28. The van der Waals surface area contributed by atoms with Crippen LogP contribution in [0.1, 0.15) is 67.1 Å². The third-order valence-electron chi connectivity index (χ3n) is 6.33. The lowest BCUT2D eigenvalue weighted by Crippen LogP contribution is -2.54. The van der Waals surface area contributed by atoms with Gasteiger partial charge < -0.3 is 20.7 Å². The lowest BCUT2D eigenvalue weighted by atomic mass is 10.0. The molecule has 0 aromatic heterocycles. The quantitative estimate of drug-likeness (QED) is 0.160. The summed E-state index contributed by atoms with van der Waals surface area (Å²) in [5, 5.41) is 22.6. The molecule has 4 aliphatic rings. The van der Waals surface area contributed by atoms with Gasteiger partial charge in [0.15, 0.2) is 0 Å². The third-order valence-corrected chi connectivity index (χ3v) is 6.33. The molecule has 0 bridgehead atoms. The average molecular weight is 603 g/mol. The van der Waals surface area contributed by atoms with Gasteiger partial charge in [-0.25, -0.2) is 9.59 Å². The number of carbonyl (C=O) groups is 8. The molecule has 0 aliphatic carbocycles. The Morgan fingerprint density at radius 3 is 1.76 bits per heavy atom. The number of fused-ring (bicyclic) bond motifs is 2. The zero-order valence-electron chi connectivity index (χ0n) is 21.4. The van der Waals surface area contributed by atoms with Crippen LogP contribution >= 0.6 is 12.4 Å². The zero-order valence-corrected chi connectivity index (χ0v) is 22.3. The van der Waals surface area contributed by atoms with Crippen molar-refractivity contribution in [3.05, 3.63) is 58.7 Å². The molecule has 2 unspecified atom stereocenters. The molecule has 2 atom stereocenters. The number of benzene rings is 2. The van der Waals surface area contributed by atoms with Crippen molar-refractivity contribution in [2.24, 2.45) is 5.73 Å². The van der Waals surface area contributed by atoms with Gasteiger partial charge >= 0.3 is 11.9 Å². The second-order valence-electron chi connectivity index (χ2n) is 9.14. The standard InChI is InChI=1S/C13H10N2O5.C8H4O4.C5H8N2O2.ClH/c16-6-1-2-7-8(5-6)13(20)15(12(7)19)9-3-4-10(17)14-11(9)18;9-4-1-2-5-6(3-4)8(11)12-7(5)10;6-3-1-2-4(8)7-5(3)9;/h1-2,5,9,16H,3-4H2,(H,14,17,18);1-3,9H;3H,1-2,6H2,(H,7,8,9);1H. The summed E-state index contributed by atoms with van der Waals surface area (Å²) >= 11 is 0. The summed E-state index contributed by atoms with van der Waals surface area (Å²) in [5.74, 6) is -4.40. The molecule has 2 aromatic rings. The molecular formula is C26H23ClN4O11. The predicted octanol–water partition coefficient (Wildman–Crippen LogP) is -0.332. The number of nitrogens with zero attached hydrogens (tertiary/aromatic N) is 1. The summed E-state index contributed by atoms with van der Waals surface area (Å²) < 4.78 is 4.30. The van der Waals surface area contributed by atoms with E-state index in [-0.39, 0.29) is 70.8 Å². The monoisotopic (exact) mass is 602 g/mol. The van der Waals surface area contributed by atoms with Crippen LogP contribution in [0.3, 0.4) is 0 Å². The molecule has 15 nitrogen and oxygen atoms in total. The fourth-order valence-corrected chi connectivity index (χ4v) is 4.24. The Morgan fingerprint density at radius 1 is 0.690 bits per heavy atom. The maximum Gasteiger partial charge on any atom is 0.347 e. The number of carbonyl (C=O) groups excluding carboxylic acids is 8. The first kappa shape index (κ1) is 31.4. The fraction of sp³-hybridized carbons (Fsp3) is 0.231. The summed E-state index contributed by atoms with van der Waals surface area (Å²) in [6.45, 7) is 0. The Kier molecular flexibility index (Phi) is 9.39. The number of ether oxygens (including phenoxy) is 1. The van der Waals surface area contributed by atoms with E-state index in [1.54, 1.807) is 0 Å². The van der Waals surface area contributed by atoms with Gasteiger partial charge in [-0.05, 0) is 49.2 Å². The van der Waals surface area contributed by atoms with E-state index in [2.05, 4.69) is 15.4 Å². The van der Waals surface area contributed by atoms with Crippen molar-refractivity contribution in [1.29, 1.82) is 0 Å². The zero-order chi connectivity index (χ0) is 30.0. The van der Waals surface area contributed by atoms with Crippen LogP contribution < -0.4 is 16.4 Å². The van der Waals surface area contributed by atoms with E-state index in [4.69, 9.17) is 10.8 Å². The van der Waals surface area contributed by atoms with Crippen LogP contribution in [0.25, 0.3) is 0 Å². The van der Waals surface area contributed by atoms with Gasteiger partial charge in [-0.3, -0.25) is 44.3 Å². The summed E-state index contributed by atoms with van der Waals surface area (Å²) in [7, 11) is 0. The first-order valence-corrected chi connectivity index (χ1v) is 12.1. The van der Waals surface area contributed by atoms with Gasteiger partial charge in [-0.1, -0.05) is 0 Å². The van der Waals surface area contributed by atoms with Crippen molar-refractivity contribution < 1.29 is 53.3 Å². The van der Waals surface area contributed by atoms with Gasteiger partial charge in [-0.15, -0.1) is 12.4 Å². The summed E-state index contributed by atoms with van der Waals surface area (Å²) in [5.41, 5.74) is 5.83. The highest BCUT2D eigenvalue weighted by molar-refractivity contribution is 6.23. The van der Waals surface area contributed by atoms with E-state index in [9.17, 15) is 43.5 Å². The smallest absolute Gasteiger partial charge is 0.347 e. The minimum absolute atomic E-state index is 0. The first-order chi connectivity index (χ1) is 19.4. The lowest BCUT2D eigenvalue weighted by molar-refractivity contribution is -0.137. The maximum absolute atomic E-state index is 12.2. The molecule has 16 heteroatoms. The molecule has 6 amide bonds. The van der Waals surface area contributed by atoms with Gasteiger partial charge in [0.1, 0.15) is 17.5 Å². The van der Waals surface area contributed by atoms with Crippen LogP contribution in [0.2, 0.25) is 0 Å². The van der Waals surface area contributed by atoms with E-state index < -0.39 is 47.7 Å². The molecule has 2 fully saturated rings. The molecular weight excluding hydrogens is 580 g/mol. The number of aromatic hydroxyl groups is 2. The van der Waals surface area contributed by atoms with Gasteiger partial charge in [0.2, 0.25) is 23.6 Å². The van der Waals surface area contributed by atoms with Crippen LogP contribution in [0, 0.1) is 0 Å². The van der Waals surface area contributed by atoms with Crippen molar-refractivity contribution in [3.8, 4) is 11.5 Å². The Bertz CT molecular complexity index is 1540. The number of nitrogens with one attached hydrogen (secondary N) is 2. The highest BCUT2D eigenvalue weighted by atomic mass is 35.5. The van der Waals surface area contributed by atoms with E-state index in [0.29, 0.717) is 12.8 Å². The molecule has 42 heavy (non-hydrogen) atoms. The van der Waals surface area contributed by atoms with E-state index in [0.717, 1.165) is 4.90 Å². The highest BCUT2D eigenvalue weighted by Gasteiger charge is 2.44. The number of phenolic OH excluding ortho intramolecular Hbond substituents is 2. The number of piperidine rings is 2. The van der Waals surface area contributed by atoms with Crippen LogP contribution in [-0.4, -0.2) is 74.6 Å². The number of hydrogen-bond donors (Lipinski definition) is 5. The van der Waals surface area contributed by atoms with Crippen molar-refractivity contribution in [2.45, 2.75) is 37.8 Å². The molecule has 0 saturated carbocycles. The number of esters is 2. The fourth-order valence-electron chi connectivity index (χ4n) is 4.24. The number of rotatable bonds is 1. The number of cyclic esters (lactones) is 2. The third kappa shape index (κ3) is 6.42. The molecule has 0 spiro atoms. The molecule has 4 aliphatic heterocycles. The number of imide groups is 3. The summed E-state index contributed by atoms with van der Waals surface area (Å²) in [6.07, 6.45) is 1.04. The number of nitrogens with two attached hydrogens (primary N) is 1. The number of halogens is 1. The highest BCUT2D eigenvalue weighted by Crippen LogP contribution is 2.29. The van der Waals surface area contributed by atoms with Gasteiger partial charge in [0.25, 0.3) is 11.8 Å². The second kappa shape index (κ2) is 12.6. The van der Waals surface area contributed by atoms with E-state index in [1.165, 1.54) is 36.4 Å². The van der Waals surface area contributed by atoms with Crippen molar-refractivity contribution in [1.82, 2.24) is 15.5 Å². The van der Waals surface area contributed by atoms with Gasteiger partial charge in [0.05, 0.1) is 28.3 Å². The molecule has 220 valence electrons. The largest absolute Gasteiger partial charge is 0.508 e. The maximum atomic E-state index is 12.2. The Hall–Kier alpha value is -5.15. The minimum atomic E-state index is -0.984. The molecule has 6 N–H and O–H groups in total. The Morgan fingerprint density at radius 2 is 1.19 bits per heavy atom. The SMILES string of the molecule is Cl.NC1CCC(=O)NC1=O.O=C1CCC(N2C(=O)c3ccc(O)cc3C2=O)C(=O)N1.O=C1OC(=O)c2cc(O)ccc21.